The van der Waals surface area contributed by atoms with E-state index in [1.54, 1.807) is 26.0 Å². The topological polar surface area (TPSA) is 86.7 Å². The van der Waals surface area contributed by atoms with Crippen LogP contribution in [0, 0.1) is 18.8 Å². The molecule has 1 atom stereocenters. The molecule has 1 aromatic carbocycles. The summed E-state index contributed by atoms with van der Waals surface area (Å²) >= 11 is 0. The van der Waals surface area contributed by atoms with Crippen LogP contribution in [0.15, 0.2) is 18.2 Å². The van der Waals surface area contributed by atoms with Crippen molar-refractivity contribution in [1.29, 1.82) is 0 Å². The monoisotopic (exact) mass is 304 g/mol. The summed E-state index contributed by atoms with van der Waals surface area (Å²) in [7, 11) is 0. The van der Waals surface area contributed by atoms with Gasteiger partial charge in [-0.2, -0.15) is 0 Å². The fourth-order valence-electron chi connectivity index (χ4n) is 2.37. The lowest BCUT2D eigenvalue weighted by Gasteiger charge is -2.20. The van der Waals surface area contributed by atoms with E-state index >= 15 is 0 Å². The van der Waals surface area contributed by atoms with E-state index in [2.05, 4.69) is 5.32 Å². The summed E-state index contributed by atoms with van der Waals surface area (Å²) in [5.41, 5.74) is 2.11. The third-order valence-corrected chi connectivity index (χ3v) is 3.77. The van der Waals surface area contributed by atoms with Crippen LogP contribution in [0.25, 0.3) is 0 Å². The predicted octanol–water partition coefficient (Wildman–Crippen LogP) is 2.03. The third kappa shape index (κ3) is 3.27. The lowest BCUT2D eigenvalue weighted by Crippen LogP contribution is -2.27. The molecule has 1 aliphatic rings. The molecule has 1 saturated heterocycles. The highest BCUT2D eigenvalue weighted by molar-refractivity contribution is 6.01. The molecule has 0 aromatic heterocycles. The Morgan fingerprint density at radius 3 is 2.59 bits per heavy atom. The predicted molar refractivity (Wildman–Crippen MR) is 82.7 cm³/mol. The van der Waals surface area contributed by atoms with Gasteiger partial charge in [-0.15, -0.1) is 0 Å². The van der Waals surface area contributed by atoms with E-state index in [-0.39, 0.29) is 30.7 Å². The van der Waals surface area contributed by atoms with Gasteiger partial charge in [-0.05, 0) is 24.6 Å². The number of nitrogens with zero attached hydrogens (tertiary/aromatic N) is 1. The molecule has 2 rings (SSSR count). The van der Waals surface area contributed by atoms with Gasteiger partial charge in [-0.1, -0.05) is 19.9 Å². The standard InChI is InChI=1S/C16H20N2O4/c1-9(2)15(20)17-12-5-4-10(3)13(7-12)18-8-11(16(21)22)6-14(18)19/h4-5,7,9,11H,6,8H2,1-3H3,(H,17,20)(H,21,22). The van der Waals surface area contributed by atoms with Gasteiger partial charge in [-0.3, -0.25) is 14.4 Å². The molecule has 1 unspecified atom stereocenters. The summed E-state index contributed by atoms with van der Waals surface area (Å²) in [6, 6.07) is 5.30. The van der Waals surface area contributed by atoms with Gasteiger partial charge in [0.25, 0.3) is 0 Å². The first-order valence-electron chi connectivity index (χ1n) is 7.24. The maximum atomic E-state index is 12.1. The Morgan fingerprint density at radius 2 is 2.05 bits per heavy atom. The second-order valence-electron chi connectivity index (χ2n) is 5.89. The van der Waals surface area contributed by atoms with Crippen LogP contribution in [-0.2, 0) is 14.4 Å². The lowest BCUT2D eigenvalue weighted by molar-refractivity contribution is -0.141. The van der Waals surface area contributed by atoms with Gasteiger partial charge in [0.1, 0.15) is 0 Å². The largest absolute Gasteiger partial charge is 0.481 e. The van der Waals surface area contributed by atoms with E-state index in [1.165, 1.54) is 4.90 Å². The number of carbonyl (C=O) groups is 3. The number of rotatable bonds is 4. The molecule has 6 heteroatoms. The van der Waals surface area contributed by atoms with Crippen molar-refractivity contribution in [3.63, 3.8) is 0 Å². The van der Waals surface area contributed by atoms with Crippen molar-refractivity contribution in [2.75, 3.05) is 16.8 Å². The van der Waals surface area contributed by atoms with Crippen molar-refractivity contribution in [2.24, 2.45) is 11.8 Å². The van der Waals surface area contributed by atoms with Crippen LogP contribution in [0.5, 0.6) is 0 Å². The number of benzene rings is 1. The van der Waals surface area contributed by atoms with Crippen molar-refractivity contribution in [3.8, 4) is 0 Å². The number of carbonyl (C=O) groups excluding carboxylic acids is 2. The van der Waals surface area contributed by atoms with E-state index in [4.69, 9.17) is 5.11 Å². The second-order valence-corrected chi connectivity index (χ2v) is 5.89. The highest BCUT2D eigenvalue weighted by Crippen LogP contribution is 2.30. The Bertz CT molecular complexity index is 625. The number of carboxylic acids is 1. The molecule has 1 heterocycles. The molecule has 2 N–H and O–H groups in total. The molecule has 0 aliphatic carbocycles. The van der Waals surface area contributed by atoms with Gasteiger partial charge in [0.15, 0.2) is 0 Å². The van der Waals surface area contributed by atoms with Gasteiger partial charge >= 0.3 is 5.97 Å². The molecular formula is C16H20N2O4. The molecule has 1 aromatic rings. The SMILES string of the molecule is Cc1ccc(NC(=O)C(C)C)cc1N1CC(C(=O)O)CC1=O. The minimum absolute atomic E-state index is 0.0113. The number of hydrogen-bond acceptors (Lipinski definition) is 3. The first-order chi connectivity index (χ1) is 10.3. The minimum Gasteiger partial charge on any atom is -0.481 e. The number of aliphatic carboxylic acids is 1. The van der Waals surface area contributed by atoms with E-state index in [1.807, 2.05) is 13.0 Å². The summed E-state index contributed by atoms with van der Waals surface area (Å²) in [6.07, 6.45) is 0.0113. The Labute approximate surface area is 129 Å². The summed E-state index contributed by atoms with van der Waals surface area (Å²) in [5, 5.41) is 11.9. The number of aryl methyl sites for hydroxylation is 1. The molecular weight excluding hydrogens is 284 g/mol. The number of nitrogens with one attached hydrogen (secondary N) is 1. The van der Waals surface area contributed by atoms with E-state index < -0.39 is 11.9 Å². The zero-order chi connectivity index (χ0) is 16.4. The van der Waals surface area contributed by atoms with Crippen LogP contribution in [0.3, 0.4) is 0 Å². The fraction of sp³-hybridized carbons (Fsp3) is 0.438. The highest BCUT2D eigenvalue weighted by Gasteiger charge is 2.35. The van der Waals surface area contributed by atoms with Gasteiger partial charge in [-0.25, -0.2) is 0 Å². The molecule has 6 nitrogen and oxygen atoms in total. The molecule has 0 bridgehead atoms. The molecule has 118 valence electrons. The Kier molecular flexibility index (Phi) is 4.49. The van der Waals surface area contributed by atoms with Gasteiger partial charge in [0.2, 0.25) is 11.8 Å². The number of anilines is 2. The minimum atomic E-state index is -0.960. The van der Waals surface area contributed by atoms with Crippen LogP contribution in [-0.4, -0.2) is 29.4 Å². The normalized spacial score (nSPS) is 17.9. The third-order valence-electron chi connectivity index (χ3n) is 3.77. The Balaban J connectivity index is 2.26. The first kappa shape index (κ1) is 16.0. The molecule has 0 radical (unpaired) electrons. The van der Waals surface area contributed by atoms with E-state index in [0.717, 1.165) is 5.56 Å². The average molecular weight is 304 g/mol. The number of carboxylic acid groups (broad SMARTS) is 1. The molecule has 22 heavy (non-hydrogen) atoms. The average Bonchev–Trinajstić information content (AvgIpc) is 2.83. The maximum absolute atomic E-state index is 12.1. The lowest BCUT2D eigenvalue weighted by atomic mass is 10.1. The molecule has 0 saturated carbocycles. The zero-order valence-corrected chi connectivity index (χ0v) is 12.9. The van der Waals surface area contributed by atoms with Crippen molar-refractivity contribution < 1.29 is 19.5 Å². The van der Waals surface area contributed by atoms with Crippen LogP contribution in [0.2, 0.25) is 0 Å². The van der Waals surface area contributed by atoms with Crippen molar-refractivity contribution in [3.05, 3.63) is 23.8 Å². The van der Waals surface area contributed by atoms with Crippen molar-refractivity contribution in [2.45, 2.75) is 27.2 Å². The molecule has 1 fully saturated rings. The maximum Gasteiger partial charge on any atom is 0.308 e. The van der Waals surface area contributed by atoms with Crippen LogP contribution < -0.4 is 10.2 Å². The van der Waals surface area contributed by atoms with Crippen molar-refractivity contribution in [1.82, 2.24) is 0 Å². The zero-order valence-electron chi connectivity index (χ0n) is 12.9. The van der Waals surface area contributed by atoms with Gasteiger partial charge < -0.3 is 15.3 Å². The highest BCUT2D eigenvalue weighted by atomic mass is 16.4. The summed E-state index contributed by atoms with van der Waals surface area (Å²) in [4.78, 5) is 36.4. The number of amides is 2. The van der Waals surface area contributed by atoms with Gasteiger partial charge in [0.05, 0.1) is 5.92 Å². The second kappa shape index (κ2) is 6.17. The Hall–Kier alpha value is -2.37. The number of hydrogen-bond donors (Lipinski definition) is 2. The smallest absolute Gasteiger partial charge is 0.308 e. The summed E-state index contributed by atoms with van der Waals surface area (Å²) in [6.45, 7) is 5.61. The van der Waals surface area contributed by atoms with Crippen molar-refractivity contribution >= 4 is 29.2 Å². The quantitative estimate of drug-likeness (QED) is 0.891. The van der Waals surface area contributed by atoms with E-state index in [0.29, 0.717) is 11.4 Å². The molecule has 0 spiro atoms. The molecule has 1 aliphatic heterocycles. The Morgan fingerprint density at radius 1 is 1.36 bits per heavy atom. The summed E-state index contributed by atoms with van der Waals surface area (Å²) < 4.78 is 0. The molecule has 2 amide bonds. The van der Waals surface area contributed by atoms with Crippen LogP contribution in [0.1, 0.15) is 25.8 Å². The first-order valence-corrected chi connectivity index (χ1v) is 7.24. The van der Waals surface area contributed by atoms with Crippen LogP contribution >= 0.6 is 0 Å². The van der Waals surface area contributed by atoms with Crippen LogP contribution in [0.4, 0.5) is 11.4 Å². The van der Waals surface area contributed by atoms with Gasteiger partial charge in [0, 0.05) is 30.3 Å². The van der Waals surface area contributed by atoms with E-state index in [9.17, 15) is 14.4 Å². The fourth-order valence-corrected chi connectivity index (χ4v) is 2.37. The summed E-state index contributed by atoms with van der Waals surface area (Å²) in [5.74, 6) is -2.10.